The summed E-state index contributed by atoms with van der Waals surface area (Å²) >= 11 is 0. The molecule has 3 aliphatic rings. The molecule has 0 saturated heterocycles. The Kier molecular flexibility index (Phi) is 4.42. The van der Waals surface area contributed by atoms with Crippen LogP contribution in [-0.4, -0.2) is 36.5 Å². The largest absolute Gasteiger partial charge is 0.454 e. The molecule has 10 heteroatoms. The zero-order chi connectivity index (χ0) is 25.8. The maximum Gasteiger partial charge on any atom is 0.271 e. The molecule has 4 atom stereocenters. The number of fused-ring (bicyclic) bond motifs is 5. The highest BCUT2D eigenvalue weighted by molar-refractivity contribution is 7.90. The van der Waals surface area contributed by atoms with Crippen LogP contribution in [0.5, 0.6) is 5.75 Å². The highest BCUT2D eigenvalue weighted by Gasteiger charge is 2.72. The third kappa shape index (κ3) is 2.76. The standard InChI is InChI=1S/C26H25N3O6S/c1-12-9-15(12)14-7-8-16-19(10-14)35-26(32)17-5-4-6-18(27)21(17)23(30)25(16,26)29-24(31)22-13(2)20(11-28-22)36(3,33)34/h4-8,10-12,15,28,32H,9,27H2,1-3H3,(H,29,31)/t12-,15+,25?,26?/m0/s1. The van der Waals surface area contributed by atoms with Crippen LogP contribution < -0.4 is 15.8 Å². The number of anilines is 1. The van der Waals surface area contributed by atoms with E-state index in [0.717, 1.165) is 18.2 Å². The van der Waals surface area contributed by atoms with Gasteiger partial charge in [0.15, 0.2) is 9.84 Å². The first-order valence-electron chi connectivity index (χ1n) is 11.6. The van der Waals surface area contributed by atoms with Gasteiger partial charge in [-0.05, 0) is 48.4 Å². The van der Waals surface area contributed by atoms with Crippen molar-refractivity contribution in [3.63, 3.8) is 0 Å². The van der Waals surface area contributed by atoms with Crippen LogP contribution in [0, 0.1) is 12.8 Å². The first kappa shape index (κ1) is 22.8. The van der Waals surface area contributed by atoms with E-state index in [1.54, 1.807) is 24.3 Å². The van der Waals surface area contributed by atoms with Gasteiger partial charge < -0.3 is 25.9 Å². The SMILES string of the molecule is Cc1c(S(C)(=O)=O)c[nH]c1C(=O)NC12C(=O)c3c(N)cccc3C1(O)Oc1cc([C@@H]3C[C@@H]3C)ccc12. The lowest BCUT2D eigenvalue weighted by Gasteiger charge is -2.34. The molecular weight excluding hydrogens is 482 g/mol. The van der Waals surface area contributed by atoms with Crippen LogP contribution >= 0.6 is 0 Å². The highest BCUT2D eigenvalue weighted by atomic mass is 32.2. The van der Waals surface area contributed by atoms with E-state index in [1.165, 1.54) is 13.1 Å². The molecule has 0 radical (unpaired) electrons. The van der Waals surface area contributed by atoms with Crippen molar-refractivity contribution >= 4 is 27.2 Å². The second-order valence-corrected chi connectivity index (χ2v) is 12.0. The minimum absolute atomic E-state index is 0.0306. The number of aromatic nitrogens is 1. The lowest BCUT2D eigenvalue weighted by molar-refractivity contribution is -0.169. The number of sulfone groups is 1. The minimum Gasteiger partial charge on any atom is -0.454 e. The number of nitrogen functional groups attached to an aromatic ring is 1. The second kappa shape index (κ2) is 6.98. The summed E-state index contributed by atoms with van der Waals surface area (Å²) in [6.07, 6.45) is 3.31. The summed E-state index contributed by atoms with van der Waals surface area (Å²) in [5.41, 5.74) is 6.00. The van der Waals surface area contributed by atoms with Crippen molar-refractivity contribution < 1.29 is 27.9 Å². The summed E-state index contributed by atoms with van der Waals surface area (Å²) in [5, 5.41) is 14.8. The highest BCUT2D eigenvalue weighted by Crippen LogP contribution is 2.60. The average molecular weight is 508 g/mol. The van der Waals surface area contributed by atoms with E-state index in [9.17, 15) is 23.1 Å². The number of nitrogens with two attached hydrogens (primary N) is 1. The molecule has 9 nitrogen and oxygen atoms in total. The molecular formula is C26H25N3O6S. The zero-order valence-electron chi connectivity index (χ0n) is 19.9. The lowest BCUT2D eigenvalue weighted by atomic mass is 9.82. The number of nitrogens with one attached hydrogen (secondary N) is 2. The van der Waals surface area contributed by atoms with Crippen molar-refractivity contribution in [2.75, 3.05) is 12.0 Å². The summed E-state index contributed by atoms with van der Waals surface area (Å²) in [7, 11) is -3.59. The van der Waals surface area contributed by atoms with Gasteiger partial charge in [-0.2, -0.15) is 0 Å². The van der Waals surface area contributed by atoms with E-state index in [4.69, 9.17) is 10.5 Å². The first-order valence-corrected chi connectivity index (χ1v) is 13.5. The van der Waals surface area contributed by atoms with Gasteiger partial charge in [0.05, 0.1) is 10.5 Å². The number of H-pyrrole nitrogens is 1. The van der Waals surface area contributed by atoms with Gasteiger partial charge in [0, 0.05) is 29.3 Å². The van der Waals surface area contributed by atoms with E-state index in [2.05, 4.69) is 17.2 Å². The third-order valence-corrected chi connectivity index (χ3v) is 8.99. The van der Waals surface area contributed by atoms with Crippen LogP contribution in [0.1, 0.15) is 62.4 Å². The second-order valence-electron chi connectivity index (χ2n) is 10.0. The molecule has 1 aliphatic heterocycles. The van der Waals surface area contributed by atoms with Gasteiger partial charge in [-0.1, -0.05) is 31.2 Å². The Bertz CT molecular complexity index is 1610. The number of carbonyl (C=O) groups excluding carboxylic acids is 2. The Morgan fingerprint density at radius 2 is 1.97 bits per heavy atom. The third-order valence-electron chi connectivity index (χ3n) is 7.76. The molecule has 2 unspecified atom stereocenters. The van der Waals surface area contributed by atoms with Crippen molar-refractivity contribution in [1.82, 2.24) is 10.3 Å². The Morgan fingerprint density at radius 1 is 1.25 bits per heavy atom. The maximum atomic E-state index is 14.0. The molecule has 1 amide bonds. The van der Waals surface area contributed by atoms with Crippen LogP contribution in [0.4, 0.5) is 5.69 Å². The molecule has 1 aromatic heterocycles. The number of aliphatic hydroxyl groups is 1. The van der Waals surface area contributed by atoms with Crippen LogP contribution in [0.3, 0.4) is 0 Å². The molecule has 0 spiro atoms. The summed E-state index contributed by atoms with van der Waals surface area (Å²) in [6.45, 7) is 3.64. The molecule has 36 heavy (non-hydrogen) atoms. The lowest BCUT2D eigenvalue weighted by Crippen LogP contribution is -2.60. The van der Waals surface area contributed by atoms with E-state index in [-0.39, 0.29) is 33.0 Å². The van der Waals surface area contributed by atoms with E-state index >= 15 is 0 Å². The number of ketones is 1. The summed E-state index contributed by atoms with van der Waals surface area (Å²) < 4.78 is 30.3. The van der Waals surface area contributed by atoms with Gasteiger partial charge in [-0.15, -0.1) is 0 Å². The quantitative estimate of drug-likeness (QED) is 0.396. The zero-order valence-corrected chi connectivity index (χ0v) is 20.7. The molecule has 0 bridgehead atoms. The summed E-state index contributed by atoms with van der Waals surface area (Å²) in [6, 6.07) is 10.1. The molecule has 2 heterocycles. The van der Waals surface area contributed by atoms with Gasteiger partial charge in [0.25, 0.3) is 11.7 Å². The van der Waals surface area contributed by atoms with Crippen molar-refractivity contribution in [1.29, 1.82) is 0 Å². The smallest absolute Gasteiger partial charge is 0.271 e. The van der Waals surface area contributed by atoms with Crippen LogP contribution in [0.25, 0.3) is 0 Å². The van der Waals surface area contributed by atoms with Crippen molar-refractivity contribution in [2.24, 2.45) is 5.92 Å². The molecule has 186 valence electrons. The summed E-state index contributed by atoms with van der Waals surface area (Å²) in [4.78, 5) is 30.3. The number of Topliss-reactive ketones (excluding diaryl/α,β-unsaturated/α-hetero) is 1. The number of hydrogen-bond acceptors (Lipinski definition) is 7. The number of rotatable bonds is 4. The monoisotopic (exact) mass is 507 g/mol. The molecule has 2 aliphatic carbocycles. The van der Waals surface area contributed by atoms with Crippen molar-refractivity contribution in [3.05, 3.63) is 76.1 Å². The topological polar surface area (TPSA) is 152 Å². The van der Waals surface area contributed by atoms with E-state index in [0.29, 0.717) is 23.1 Å². The number of hydrogen-bond donors (Lipinski definition) is 4. The first-order chi connectivity index (χ1) is 16.9. The van der Waals surface area contributed by atoms with Gasteiger partial charge in [-0.25, -0.2) is 8.42 Å². The predicted octanol–water partition coefficient (Wildman–Crippen LogP) is 2.49. The van der Waals surface area contributed by atoms with E-state index in [1.807, 2.05) is 12.1 Å². The molecule has 2 aromatic carbocycles. The fourth-order valence-corrected chi connectivity index (χ4v) is 6.67. The molecule has 3 aromatic rings. The fraction of sp³-hybridized carbons (Fsp3) is 0.308. The number of ether oxygens (including phenoxy) is 1. The number of aromatic amines is 1. The van der Waals surface area contributed by atoms with Gasteiger partial charge in [-0.3, -0.25) is 9.59 Å². The van der Waals surface area contributed by atoms with E-state index < -0.39 is 32.9 Å². The van der Waals surface area contributed by atoms with Crippen LogP contribution in [-0.2, 0) is 21.2 Å². The minimum atomic E-state index is -3.59. The van der Waals surface area contributed by atoms with Gasteiger partial charge >= 0.3 is 0 Å². The van der Waals surface area contributed by atoms with Crippen molar-refractivity contribution in [3.8, 4) is 5.75 Å². The van der Waals surface area contributed by atoms with Crippen molar-refractivity contribution in [2.45, 2.75) is 42.4 Å². The molecule has 1 saturated carbocycles. The van der Waals surface area contributed by atoms with Gasteiger partial charge in [0.1, 0.15) is 11.4 Å². The molecule has 5 N–H and O–H groups in total. The number of carbonyl (C=O) groups is 2. The predicted molar refractivity (Wildman–Crippen MR) is 130 cm³/mol. The van der Waals surface area contributed by atoms with Gasteiger partial charge in [0.2, 0.25) is 11.3 Å². The molecule has 1 fully saturated rings. The maximum absolute atomic E-state index is 14.0. The Morgan fingerprint density at radius 3 is 2.61 bits per heavy atom. The molecule has 6 rings (SSSR count). The normalized spacial score (nSPS) is 27.7. The average Bonchev–Trinajstić information content (AvgIpc) is 3.23. The summed E-state index contributed by atoms with van der Waals surface area (Å²) in [5.74, 6) is -2.42. The fourth-order valence-electron chi connectivity index (χ4n) is 5.74. The van der Waals surface area contributed by atoms with Crippen LogP contribution in [0.2, 0.25) is 0 Å². The van der Waals surface area contributed by atoms with Crippen LogP contribution in [0.15, 0.2) is 47.5 Å². The Balaban J connectivity index is 1.52. The Labute approximate surface area is 207 Å². The number of amides is 1. The number of benzene rings is 2. The Hall–Kier alpha value is -3.63.